The van der Waals surface area contributed by atoms with Crippen LogP contribution in [0.3, 0.4) is 0 Å². The van der Waals surface area contributed by atoms with Crippen molar-refractivity contribution in [3.8, 4) is 33.4 Å². The minimum atomic E-state index is -0.157. The van der Waals surface area contributed by atoms with E-state index in [1.165, 1.54) is 136 Å². The zero-order chi connectivity index (χ0) is 47.0. The number of hydrogen-bond donors (Lipinski definition) is 0. The third-order valence-electron chi connectivity index (χ3n) is 15.6. The van der Waals surface area contributed by atoms with Gasteiger partial charge in [0.15, 0.2) is 0 Å². The smallest absolute Gasteiger partial charge is 0.0601 e. The van der Waals surface area contributed by atoms with Crippen LogP contribution in [-0.4, -0.2) is 0 Å². The Balaban J connectivity index is 1.09. The highest BCUT2D eigenvalue weighted by Crippen LogP contribution is 2.56. The molecule has 71 heavy (non-hydrogen) atoms. The quantitative estimate of drug-likeness (QED) is 0.128. The van der Waals surface area contributed by atoms with Gasteiger partial charge in [-0.3, -0.25) is 0 Å². The first kappa shape index (κ1) is 41.1. The molecule has 336 valence electrons. The molecule has 0 fully saturated rings. The van der Waals surface area contributed by atoms with Crippen molar-refractivity contribution in [1.29, 1.82) is 0 Å². The van der Waals surface area contributed by atoms with Gasteiger partial charge in [0.1, 0.15) is 0 Å². The van der Waals surface area contributed by atoms with Crippen molar-refractivity contribution < 1.29 is 0 Å². The number of thioether (sulfide) groups is 1. The first-order valence-electron chi connectivity index (χ1n) is 24.8. The molecule has 2 nitrogen and oxygen atoms in total. The second kappa shape index (κ2) is 15.6. The molecule has 2 aliphatic carbocycles. The molecule has 0 aromatic heterocycles. The molecule has 2 heterocycles. The molecule has 0 saturated heterocycles. The van der Waals surface area contributed by atoms with Crippen LogP contribution in [0.4, 0.5) is 28.4 Å². The van der Waals surface area contributed by atoms with E-state index >= 15 is 0 Å². The Kier molecular flexibility index (Phi) is 9.03. The number of allylic oxidation sites excluding steroid dienone is 3. The summed E-state index contributed by atoms with van der Waals surface area (Å²) in [5.74, 6) is 0. The standard InChI is InChI=1S/C67H46N2S2/c1-67(2)55-22-8-7-21-48(55)49-34-31-42(38-56(49)67)65-50-35-32-44(69-59-25-11-15-29-63(59)71-64-30-16-12-26-60(64)69)40-54(50)66(52-37-41-17-3-4-18-45(41)46-19-5-6-20-47(46)52)51-36-33-43(39-53(51)65)68-57-23-9-13-27-61(57)70-62-28-14-10-24-58(62)68/h3-9,11-23,25-40H,10,24H2,1-2H3. The highest BCUT2D eigenvalue weighted by Gasteiger charge is 2.36. The molecule has 0 bridgehead atoms. The van der Waals surface area contributed by atoms with Gasteiger partial charge in [-0.05, 0) is 173 Å². The molecular weight excluding hydrogens is 897 g/mol. The van der Waals surface area contributed by atoms with E-state index in [4.69, 9.17) is 0 Å². The topological polar surface area (TPSA) is 6.48 Å². The van der Waals surface area contributed by atoms with Crippen molar-refractivity contribution in [2.75, 3.05) is 9.80 Å². The molecule has 11 aromatic rings. The molecule has 4 aliphatic rings. The summed E-state index contributed by atoms with van der Waals surface area (Å²) in [7, 11) is 0. The minimum Gasteiger partial charge on any atom is -0.312 e. The summed E-state index contributed by atoms with van der Waals surface area (Å²) in [5.41, 5.74) is 17.6. The Morgan fingerprint density at radius 1 is 0.408 bits per heavy atom. The van der Waals surface area contributed by atoms with Gasteiger partial charge < -0.3 is 9.80 Å². The highest BCUT2D eigenvalue weighted by atomic mass is 32.2. The van der Waals surface area contributed by atoms with Gasteiger partial charge in [0, 0.05) is 42.1 Å². The fourth-order valence-electron chi connectivity index (χ4n) is 12.4. The molecule has 0 saturated carbocycles. The van der Waals surface area contributed by atoms with E-state index in [2.05, 4.69) is 242 Å². The number of benzene rings is 11. The maximum atomic E-state index is 2.57. The van der Waals surface area contributed by atoms with Gasteiger partial charge in [-0.1, -0.05) is 183 Å². The van der Waals surface area contributed by atoms with Crippen LogP contribution >= 0.6 is 23.5 Å². The van der Waals surface area contributed by atoms with Crippen LogP contribution in [0.15, 0.2) is 244 Å². The van der Waals surface area contributed by atoms with Crippen molar-refractivity contribution in [2.45, 2.75) is 46.8 Å². The van der Waals surface area contributed by atoms with Gasteiger partial charge in [0.2, 0.25) is 0 Å². The lowest BCUT2D eigenvalue weighted by atomic mass is 9.80. The summed E-state index contributed by atoms with van der Waals surface area (Å²) >= 11 is 3.76. The highest BCUT2D eigenvalue weighted by molar-refractivity contribution is 8.03. The molecule has 15 rings (SSSR count). The summed E-state index contributed by atoms with van der Waals surface area (Å²) in [4.78, 5) is 10.2. The molecule has 0 atom stereocenters. The van der Waals surface area contributed by atoms with E-state index < -0.39 is 0 Å². The normalized spacial score (nSPS) is 15.2. The van der Waals surface area contributed by atoms with E-state index in [1.54, 1.807) is 0 Å². The van der Waals surface area contributed by atoms with E-state index in [-0.39, 0.29) is 5.41 Å². The minimum absolute atomic E-state index is 0.157. The van der Waals surface area contributed by atoms with Gasteiger partial charge in [-0.2, -0.15) is 0 Å². The fraction of sp³-hybridized carbons (Fsp3) is 0.0746. The first-order valence-corrected chi connectivity index (χ1v) is 26.4. The van der Waals surface area contributed by atoms with Crippen LogP contribution in [0.1, 0.15) is 37.8 Å². The second-order valence-corrected chi connectivity index (χ2v) is 22.0. The Hall–Kier alpha value is -7.76. The predicted molar refractivity (Wildman–Crippen MR) is 304 cm³/mol. The fourth-order valence-corrected chi connectivity index (χ4v) is 14.6. The summed E-state index contributed by atoms with van der Waals surface area (Å²) in [6.45, 7) is 4.80. The summed E-state index contributed by atoms with van der Waals surface area (Å²) in [5, 5.41) is 9.99. The molecular formula is C67H46N2S2. The molecule has 11 aromatic carbocycles. The molecule has 2 aliphatic heterocycles. The van der Waals surface area contributed by atoms with Crippen LogP contribution in [0.5, 0.6) is 0 Å². The van der Waals surface area contributed by atoms with Crippen molar-refractivity contribution in [1.82, 2.24) is 0 Å². The Bertz CT molecular complexity index is 4130. The lowest BCUT2D eigenvalue weighted by Gasteiger charge is -2.36. The SMILES string of the molecule is CC1(C)c2ccccc2-c2ccc(-c3c4cc(N5C6=C(C=CCC6)Sc6ccccc65)ccc4c(-c4cc5ccccc5c5ccccc45)c4cc(N5c6ccccc6Sc6ccccc65)ccc34)cc21. The average molecular weight is 943 g/mol. The van der Waals surface area contributed by atoms with Crippen molar-refractivity contribution in [3.63, 3.8) is 0 Å². The predicted octanol–water partition coefficient (Wildman–Crippen LogP) is 19.7. The van der Waals surface area contributed by atoms with Crippen LogP contribution in [0, 0.1) is 0 Å². The van der Waals surface area contributed by atoms with Gasteiger partial charge in [0.05, 0.1) is 17.1 Å². The molecule has 0 amide bonds. The third kappa shape index (κ3) is 6.11. The number of anilines is 5. The molecule has 0 spiro atoms. The van der Waals surface area contributed by atoms with Crippen LogP contribution in [-0.2, 0) is 5.41 Å². The van der Waals surface area contributed by atoms with Crippen LogP contribution in [0.25, 0.3) is 76.5 Å². The summed E-state index contributed by atoms with van der Waals surface area (Å²) < 4.78 is 0. The summed E-state index contributed by atoms with van der Waals surface area (Å²) in [6.07, 6.45) is 6.70. The zero-order valence-electron chi connectivity index (χ0n) is 39.4. The van der Waals surface area contributed by atoms with Gasteiger partial charge in [0.25, 0.3) is 0 Å². The lowest BCUT2D eigenvalue weighted by Crippen LogP contribution is -2.22. The third-order valence-corrected chi connectivity index (χ3v) is 17.9. The van der Waals surface area contributed by atoms with Crippen LogP contribution in [0.2, 0.25) is 0 Å². The summed E-state index contributed by atoms with van der Waals surface area (Å²) in [6, 6.07) is 78.2. The number of hydrogen-bond acceptors (Lipinski definition) is 4. The molecule has 0 N–H and O–H groups in total. The van der Waals surface area contributed by atoms with Gasteiger partial charge >= 0.3 is 0 Å². The maximum absolute atomic E-state index is 2.57. The zero-order valence-corrected chi connectivity index (χ0v) is 41.0. The first-order chi connectivity index (χ1) is 35.0. The van der Waals surface area contributed by atoms with E-state index in [0.29, 0.717) is 0 Å². The average Bonchev–Trinajstić information content (AvgIpc) is 3.65. The van der Waals surface area contributed by atoms with E-state index in [1.807, 2.05) is 23.5 Å². The van der Waals surface area contributed by atoms with E-state index in [0.717, 1.165) is 18.5 Å². The lowest BCUT2D eigenvalue weighted by molar-refractivity contribution is 0.660. The van der Waals surface area contributed by atoms with Gasteiger partial charge in [-0.15, -0.1) is 0 Å². The monoisotopic (exact) mass is 942 g/mol. The number of para-hydroxylation sites is 3. The van der Waals surface area contributed by atoms with Crippen molar-refractivity contribution in [3.05, 3.63) is 240 Å². The Morgan fingerprint density at radius 2 is 0.986 bits per heavy atom. The molecule has 0 unspecified atom stereocenters. The van der Waals surface area contributed by atoms with Crippen molar-refractivity contribution >= 4 is 95.1 Å². The Labute approximate surface area is 422 Å². The molecule has 0 radical (unpaired) electrons. The largest absolute Gasteiger partial charge is 0.312 e. The molecule has 4 heteroatoms. The number of fused-ring (bicyclic) bond motifs is 11. The van der Waals surface area contributed by atoms with Gasteiger partial charge in [-0.25, -0.2) is 0 Å². The Morgan fingerprint density at radius 3 is 1.75 bits per heavy atom. The number of nitrogens with zero attached hydrogens (tertiary/aromatic N) is 2. The van der Waals surface area contributed by atoms with E-state index in [9.17, 15) is 0 Å². The van der Waals surface area contributed by atoms with Crippen molar-refractivity contribution in [2.24, 2.45) is 0 Å². The number of rotatable bonds is 4. The second-order valence-electron chi connectivity index (χ2n) is 19.9. The maximum Gasteiger partial charge on any atom is 0.0601 e. The van der Waals surface area contributed by atoms with Crippen LogP contribution < -0.4 is 9.80 Å².